The van der Waals surface area contributed by atoms with Crippen LogP contribution in [0.3, 0.4) is 0 Å². The third-order valence-electron chi connectivity index (χ3n) is 6.60. The highest BCUT2D eigenvalue weighted by Crippen LogP contribution is 2.65. The first kappa shape index (κ1) is 14.4. The molecule has 1 fully saturated rings. The van der Waals surface area contributed by atoms with Crippen LogP contribution in [-0.2, 0) is 16.6 Å². The molecule has 5 rings (SSSR count). The molecule has 4 nitrogen and oxygen atoms in total. The summed E-state index contributed by atoms with van der Waals surface area (Å²) in [6.45, 7) is 3.28. The van der Waals surface area contributed by atoms with E-state index in [1.165, 1.54) is 16.7 Å². The average molecular weight is 325 g/mol. The predicted molar refractivity (Wildman–Crippen MR) is 91.6 cm³/mol. The van der Waals surface area contributed by atoms with Gasteiger partial charge in [-0.2, -0.15) is 0 Å². The Morgan fingerprint density at radius 3 is 2.83 bits per heavy atom. The van der Waals surface area contributed by atoms with Crippen LogP contribution >= 0.6 is 0 Å². The summed E-state index contributed by atoms with van der Waals surface area (Å²) in [6, 6.07) is 4.69. The number of hydrogen-bond donors (Lipinski definition) is 0. The van der Waals surface area contributed by atoms with Gasteiger partial charge in [0.2, 0.25) is 0 Å². The first-order valence-corrected chi connectivity index (χ1v) is 8.62. The lowest BCUT2D eigenvalue weighted by atomic mass is 9.53. The number of likely N-dealkylation sites (tertiary alicyclic amines) is 1. The van der Waals surface area contributed by atoms with E-state index in [0.29, 0.717) is 6.04 Å². The van der Waals surface area contributed by atoms with Gasteiger partial charge in [-0.3, -0.25) is 4.90 Å². The zero-order valence-corrected chi connectivity index (χ0v) is 14.7. The van der Waals surface area contributed by atoms with Crippen molar-refractivity contribution in [3.05, 3.63) is 46.7 Å². The second-order valence-corrected chi connectivity index (χ2v) is 7.55. The third-order valence-corrected chi connectivity index (χ3v) is 6.60. The fourth-order valence-corrected chi connectivity index (χ4v) is 5.45. The van der Waals surface area contributed by atoms with Gasteiger partial charge in [-0.15, -0.1) is 0 Å². The van der Waals surface area contributed by atoms with Crippen molar-refractivity contribution in [1.82, 2.24) is 4.90 Å². The molecule has 0 N–H and O–H groups in total. The summed E-state index contributed by atoms with van der Waals surface area (Å²) in [5, 5.41) is 0. The topological polar surface area (TPSA) is 30.9 Å². The van der Waals surface area contributed by atoms with Crippen LogP contribution in [-0.4, -0.2) is 44.4 Å². The monoisotopic (exact) mass is 325 g/mol. The molecule has 1 saturated heterocycles. The molecule has 4 aliphatic rings. The van der Waals surface area contributed by atoms with E-state index >= 15 is 0 Å². The number of ether oxygens (including phenoxy) is 3. The highest BCUT2D eigenvalue weighted by molar-refractivity contribution is 5.69. The molecule has 2 aliphatic carbocycles. The highest BCUT2D eigenvalue weighted by Gasteiger charge is 2.66. The van der Waals surface area contributed by atoms with Crippen LogP contribution in [0.1, 0.15) is 24.5 Å². The van der Waals surface area contributed by atoms with Crippen molar-refractivity contribution in [3.8, 4) is 11.5 Å². The lowest BCUT2D eigenvalue weighted by molar-refractivity contribution is 0.0446. The van der Waals surface area contributed by atoms with Gasteiger partial charge >= 0.3 is 0 Å². The molecule has 1 aromatic rings. The van der Waals surface area contributed by atoms with E-state index in [1.807, 2.05) is 0 Å². The Morgan fingerprint density at radius 1 is 1.25 bits per heavy atom. The first-order chi connectivity index (χ1) is 11.5. The Morgan fingerprint density at radius 2 is 2.08 bits per heavy atom. The number of hydrogen-bond acceptors (Lipinski definition) is 4. The minimum absolute atomic E-state index is 0.0936. The Balaban J connectivity index is 1.87. The van der Waals surface area contributed by atoms with E-state index in [9.17, 15) is 0 Å². The van der Waals surface area contributed by atoms with Crippen LogP contribution in [0.2, 0.25) is 0 Å². The standard InChI is InChI=1S/C20H23NO3/c1-19-11-13(22-3)10-14-15-9-12-5-6-16(23-4)18(24-19)17(12)20(14,19)7-8-21(15)2/h5-6,10-11,15H,7-9H2,1-4H3/t15-,19+,20-/m0/s1. The second kappa shape index (κ2) is 4.37. The summed E-state index contributed by atoms with van der Waals surface area (Å²) >= 11 is 0. The van der Waals surface area contributed by atoms with E-state index in [2.05, 4.69) is 43.2 Å². The van der Waals surface area contributed by atoms with Crippen molar-refractivity contribution < 1.29 is 14.2 Å². The first-order valence-electron chi connectivity index (χ1n) is 8.62. The molecule has 3 atom stereocenters. The zero-order chi connectivity index (χ0) is 16.7. The van der Waals surface area contributed by atoms with Gasteiger partial charge in [0.05, 0.1) is 19.6 Å². The number of methoxy groups -OCH3 is 2. The lowest BCUT2D eigenvalue weighted by Crippen LogP contribution is -2.62. The number of nitrogens with zero attached hydrogens (tertiary/aromatic N) is 1. The van der Waals surface area contributed by atoms with Crippen LogP contribution in [0, 0.1) is 0 Å². The molecule has 2 heterocycles. The molecule has 0 radical (unpaired) electrons. The molecule has 0 saturated carbocycles. The summed E-state index contributed by atoms with van der Waals surface area (Å²) in [5.74, 6) is 2.67. The Kier molecular flexibility index (Phi) is 2.62. The SMILES string of the molecule is COC1=C[C@@]2(C)Oc3c(OC)ccc4c3[C@@]23CCN(C)[C@@H](C4)C3=C1. The van der Waals surface area contributed by atoms with Crippen LogP contribution in [0.5, 0.6) is 11.5 Å². The summed E-state index contributed by atoms with van der Waals surface area (Å²) < 4.78 is 17.9. The van der Waals surface area contributed by atoms with Crippen molar-refractivity contribution >= 4 is 0 Å². The maximum atomic E-state index is 6.61. The number of benzene rings is 1. The quantitative estimate of drug-likeness (QED) is 0.837. The van der Waals surface area contributed by atoms with Crippen LogP contribution in [0.15, 0.2) is 35.6 Å². The van der Waals surface area contributed by atoms with Gasteiger partial charge in [-0.25, -0.2) is 0 Å². The molecule has 126 valence electrons. The van der Waals surface area contributed by atoms with Gasteiger partial charge in [0.25, 0.3) is 0 Å². The fourth-order valence-electron chi connectivity index (χ4n) is 5.45. The van der Waals surface area contributed by atoms with Gasteiger partial charge < -0.3 is 14.2 Å². The van der Waals surface area contributed by atoms with E-state index < -0.39 is 5.60 Å². The number of rotatable bonds is 2. The molecule has 4 heteroatoms. The van der Waals surface area contributed by atoms with E-state index in [1.54, 1.807) is 14.2 Å². The second-order valence-electron chi connectivity index (χ2n) is 7.55. The van der Waals surface area contributed by atoms with Crippen molar-refractivity contribution in [2.75, 3.05) is 27.8 Å². The Hall–Kier alpha value is -1.94. The van der Waals surface area contributed by atoms with Crippen molar-refractivity contribution in [3.63, 3.8) is 0 Å². The predicted octanol–water partition coefficient (Wildman–Crippen LogP) is 2.81. The summed E-state index contributed by atoms with van der Waals surface area (Å²) in [5.41, 5.74) is 3.68. The van der Waals surface area contributed by atoms with Gasteiger partial charge in [-0.05, 0) is 56.6 Å². The molecule has 1 spiro atoms. The Bertz CT molecular complexity index is 811. The molecule has 0 unspecified atom stereocenters. The van der Waals surface area contributed by atoms with E-state index in [0.717, 1.165) is 36.6 Å². The molecule has 2 bridgehead atoms. The Labute approximate surface area is 142 Å². The maximum absolute atomic E-state index is 6.61. The van der Waals surface area contributed by atoms with Crippen LogP contribution < -0.4 is 9.47 Å². The van der Waals surface area contributed by atoms with E-state index in [4.69, 9.17) is 14.2 Å². The third kappa shape index (κ3) is 1.40. The zero-order valence-electron chi connectivity index (χ0n) is 14.7. The van der Waals surface area contributed by atoms with Gasteiger partial charge in [-0.1, -0.05) is 6.07 Å². The van der Waals surface area contributed by atoms with Crippen LogP contribution in [0.4, 0.5) is 0 Å². The summed E-state index contributed by atoms with van der Waals surface area (Å²) in [7, 11) is 5.68. The fraction of sp³-hybridized carbons (Fsp3) is 0.500. The van der Waals surface area contributed by atoms with Gasteiger partial charge in [0.1, 0.15) is 11.4 Å². The highest BCUT2D eigenvalue weighted by atomic mass is 16.5. The minimum Gasteiger partial charge on any atom is -0.497 e. The molecule has 0 amide bonds. The molecule has 0 aromatic heterocycles. The normalized spacial score (nSPS) is 35.6. The summed E-state index contributed by atoms with van der Waals surface area (Å²) in [4.78, 5) is 2.47. The smallest absolute Gasteiger partial charge is 0.167 e. The largest absolute Gasteiger partial charge is 0.497 e. The van der Waals surface area contributed by atoms with Crippen molar-refractivity contribution in [1.29, 1.82) is 0 Å². The van der Waals surface area contributed by atoms with Crippen LogP contribution in [0.25, 0.3) is 0 Å². The minimum atomic E-state index is -0.423. The molecular formula is C20H23NO3. The summed E-state index contributed by atoms with van der Waals surface area (Å²) in [6.07, 6.45) is 6.49. The number of allylic oxidation sites excluding steroid dienone is 1. The van der Waals surface area contributed by atoms with Gasteiger partial charge in [0, 0.05) is 17.7 Å². The van der Waals surface area contributed by atoms with Crippen molar-refractivity contribution in [2.24, 2.45) is 0 Å². The average Bonchev–Trinajstić information content (AvgIpc) is 2.84. The maximum Gasteiger partial charge on any atom is 0.167 e. The molecule has 2 aliphatic heterocycles. The molecule has 1 aromatic carbocycles. The van der Waals surface area contributed by atoms with Crippen molar-refractivity contribution in [2.45, 2.75) is 36.8 Å². The van der Waals surface area contributed by atoms with Gasteiger partial charge in [0.15, 0.2) is 11.5 Å². The molecular weight excluding hydrogens is 302 g/mol. The molecule has 24 heavy (non-hydrogen) atoms. The number of likely N-dealkylation sites (N-methyl/N-ethyl adjacent to an activating group) is 1. The number of piperidine rings is 1. The lowest BCUT2D eigenvalue weighted by Gasteiger charge is -2.55. The van der Waals surface area contributed by atoms with E-state index in [-0.39, 0.29) is 5.41 Å².